The maximum atomic E-state index is 13.3. The standard InChI is InChI=1S/C32H40N4O3/c1-5-6-28(37)35-22-11-9-21(10-12-22)34-25-16-20(8-14-23(25)31(33)39)30-24-13-7-19(2)15-26(24)36-27(30)17-32(3,4)18-29(36)38/h7-8,13-16,21-22,34H,5-6,9-12,17-18H2,1-4H3,(H2,33,39)(H,35,37). The summed E-state index contributed by atoms with van der Waals surface area (Å²) in [6.45, 7) is 8.35. The van der Waals surface area contributed by atoms with Crippen LogP contribution in [-0.4, -0.2) is 34.4 Å². The minimum atomic E-state index is -0.472. The summed E-state index contributed by atoms with van der Waals surface area (Å²) in [5, 5.41) is 7.80. The van der Waals surface area contributed by atoms with Crippen LogP contribution in [0.2, 0.25) is 0 Å². The number of rotatable bonds is 7. The van der Waals surface area contributed by atoms with Crippen molar-refractivity contribution in [1.29, 1.82) is 0 Å². The van der Waals surface area contributed by atoms with Crippen molar-refractivity contribution < 1.29 is 14.4 Å². The molecule has 2 aliphatic rings. The summed E-state index contributed by atoms with van der Waals surface area (Å²) in [6, 6.07) is 12.4. The Hall–Kier alpha value is -3.61. The van der Waals surface area contributed by atoms with E-state index in [0.717, 1.165) is 77.5 Å². The molecule has 0 unspecified atom stereocenters. The number of aromatic nitrogens is 1. The monoisotopic (exact) mass is 528 g/mol. The number of fused-ring (bicyclic) bond motifs is 3. The predicted molar refractivity (Wildman–Crippen MR) is 156 cm³/mol. The SMILES string of the molecule is CCCC(=O)NC1CCC(Nc2cc(-c3c4n(c5cc(C)ccc35)C(=O)CC(C)(C)C4)ccc2C(N)=O)CC1. The van der Waals surface area contributed by atoms with Gasteiger partial charge < -0.3 is 16.4 Å². The number of hydrogen-bond donors (Lipinski definition) is 3. The van der Waals surface area contributed by atoms with E-state index < -0.39 is 5.91 Å². The van der Waals surface area contributed by atoms with Crippen LogP contribution in [0.5, 0.6) is 0 Å². The van der Waals surface area contributed by atoms with Gasteiger partial charge >= 0.3 is 0 Å². The van der Waals surface area contributed by atoms with Crippen LogP contribution in [0.15, 0.2) is 36.4 Å². The summed E-state index contributed by atoms with van der Waals surface area (Å²) >= 11 is 0. The Balaban J connectivity index is 1.49. The third kappa shape index (κ3) is 5.45. The molecule has 7 nitrogen and oxygen atoms in total. The van der Waals surface area contributed by atoms with Crippen LogP contribution in [-0.2, 0) is 11.2 Å². The molecular weight excluding hydrogens is 488 g/mol. The fourth-order valence-corrected chi connectivity index (χ4v) is 6.39. The van der Waals surface area contributed by atoms with E-state index in [2.05, 4.69) is 42.7 Å². The van der Waals surface area contributed by atoms with Crippen molar-refractivity contribution in [3.05, 3.63) is 53.2 Å². The minimum Gasteiger partial charge on any atom is -0.382 e. The molecule has 1 aliphatic carbocycles. The number of nitrogens with one attached hydrogen (secondary N) is 2. The van der Waals surface area contributed by atoms with Gasteiger partial charge in [-0.15, -0.1) is 0 Å². The third-order valence-electron chi connectivity index (χ3n) is 8.25. The number of anilines is 1. The Morgan fingerprint density at radius 3 is 2.44 bits per heavy atom. The highest BCUT2D eigenvalue weighted by atomic mass is 16.2. The first-order valence-corrected chi connectivity index (χ1v) is 14.2. The number of carbonyl (C=O) groups is 3. The maximum absolute atomic E-state index is 13.3. The number of benzene rings is 2. The van der Waals surface area contributed by atoms with Crippen LogP contribution in [0.3, 0.4) is 0 Å². The molecule has 2 amide bonds. The molecule has 206 valence electrons. The zero-order valence-corrected chi connectivity index (χ0v) is 23.5. The summed E-state index contributed by atoms with van der Waals surface area (Å²) in [7, 11) is 0. The Morgan fingerprint density at radius 1 is 1.03 bits per heavy atom. The molecule has 0 spiro atoms. The average molecular weight is 529 g/mol. The van der Waals surface area contributed by atoms with Crippen LogP contribution in [0.1, 0.15) is 92.1 Å². The highest BCUT2D eigenvalue weighted by Crippen LogP contribution is 2.43. The zero-order chi connectivity index (χ0) is 27.9. The third-order valence-corrected chi connectivity index (χ3v) is 8.25. The molecule has 1 fully saturated rings. The van der Waals surface area contributed by atoms with Gasteiger partial charge in [0.15, 0.2) is 0 Å². The number of hydrogen-bond acceptors (Lipinski definition) is 4. The van der Waals surface area contributed by atoms with Crippen molar-refractivity contribution >= 4 is 34.3 Å². The molecule has 2 aromatic carbocycles. The summed E-state index contributed by atoms with van der Waals surface area (Å²) in [4.78, 5) is 37.8. The van der Waals surface area contributed by atoms with Gasteiger partial charge in [0.2, 0.25) is 11.8 Å². The molecule has 0 saturated heterocycles. The lowest BCUT2D eigenvalue weighted by molar-refractivity contribution is -0.122. The number of aryl methyl sites for hydroxylation is 1. The normalized spacial score (nSPS) is 20.5. The van der Waals surface area contributed by atoms with E-state index in [4.69, 9.17) is 5.73 Å². The van der Waals surface area contributed by atoms with Crippen molar-refractivity contribution in [2.75, 3.05) is 5.32 Å². The van der Waals surface area contributed by atoms with Gasteiger partial charge in [0.25, 0.3) is 5.91 Å². The molecule has 1 saturated carbocycles. The van der Waals surface area contributed by atoms with E-state index in [1.807, 2.05) is 30.5 Å². The van der Waals surface area contributed by atoms with Crippen molar-refractivity contribution in [3.63, 3.8) is 0 Å². The highest BCUT2D eigenvalue weighted by Gasteiger charge is 2.35. The minimum absolute atomic E-state index is 0.123. The lowest BCUT2D eigenvalue weighted by Gasteiger charge is -2.31. The first-order chi connectivity index (χ1) is 18.6. The van der Waals surface area contributed by atoms with Gasteiger partial charge in [-0.3, -0.25) is 19.0 Å². The van der Waals surface area contributed by atoms with E-state index in [9.17, 15) is 14.4 Å². The summed E-state index contributed by atoms with van der Waals surface area (Å²) in [6.07, 6.45) is 6.29. The molecule has 4 N–H and O–H groups in total. The van der Waals surface area contributed by atoms with Gasteiger partial charge in [0.05, 0.1) is 11.1 Å². The molecule has 39 heavy (non-hydrogen) atoms. The van der Waals surface area contributed by atoms with Gasteiger partial charge in [0, 0.05) is 47.3 Å². The van der Waals surface area contributed by atoms with Gasteiger partial charge in [0.1, 0.15) is 0 Å². The van der Waals surface area contributed by atoms with Crippen LogP contribution in [0.4, 0.5) is 5.69 Å². The van der Waals surface area contributed by atoms with Gasteiger partial charge in [-0.25, -0.2) is 0 Å². The van der Waals surface area contributed by atoms with Crippen molar-refractivity contribution in [2.45, 2.75) is 91.1 Å². The number of nitrogens with zero attached hydrogens (tertiary/aromatic N) is 1. The number of primary amides is 1. The van der Waals surface area contributed by atoms with E-state index in [0.29, 0.717) is 18.4 Å². The van der Waals surface area contributed by atoms with Gasteiger partial charge in [-0.05, 0) is 80.2 Å². The smallest absolute Gasteiger partial charge is 0.250 e. The van der Waals surface area contributed by atoms with Crippen LogP contribution in [0, 0.1) is 12.3 Å². The van der Waals surface area contributed by atoms with Crippen LogP contribution >= 0.6 is 0 Å². The molecule has 3 aromatic rings. The number of carbonyl (C=O) groups excluding carboxylic acids is 3. The largest absolute Gasteiger partial charge is 0.382 e. The second-order valence-electron chi connectivity index (χ2n) is 12.2. The van der Waals surface area contributed by atoms with E-state index in [1.165, 1.54) is 0 Å². The Bertz CT molecular complexity index is 1440. The Kier molecular flexibility index (Phi) is 7.27. The molecule has 0 radical (unpaired) electrons. The second-order valence-corrected chi connectivity index (χ2v) is 12.2. The molecule has 0 bridgehead atoms. The lowest BCUT2D eigenvalue weighted by atomic mass is 9.80. The van der Waals surface area contributed by atoms with E-state index in [1.54, 1.807) is 6.07 Å². The Labute approximate surface area is 230 Å². The first-order valence-electron chi connectivity index (χ1n) is 14.2. The number of amides is 2. The van der Waals surface area contributed by atoms with Gasteiger partial charge in [-0.1, -0.05) is 39.0 Å². The van der Waals surface area contributed by atoms with Crippen molar-refractivity contribution in [1.82, 2.24) is 9.88 Å². The molecule has 1 aliphatic heterocycles. The molecule has 1 aromatic heterocycles. The number of nitrogens with two attached hydrogens (primary N) is 1. The molecule has 2 heterocycles. The Morgan fingerprint density at radius 2 is 1.74 bits per heavy atom. The molecule has 7 heteroatoms. The molecular formula is C32H40N4O3. The first kappa shape index (κ1) is 27.0. The van der Waals surface area contributed by atoms with Gasteiger partial charge in [-0.2, -0.15) is 0 Å². The molecule has 0 atom stereocenters. The maximum Gasteiger partial charge on any atom is 0.250 e. The fraction of sp³-hybridized carbons (Fsp3) is 0.469. The van der Waals surface area contributed by atoms with Crippen molar-refractivity contribution in [3.8, 4) is 11.1 Å². The van der Waals surface area contributed by atoms with Crippen molar-refractivity contribution in [2.24, 2.45) is 11.1 Å². The zero-order valence-electron chi connectivity index (χ0n) is 23.5. The highest BCUT2D eigenvalue weighted by molar-refractivity contribution is 6.06. The lowest BCUT2D eigenvalue weighted by Crippen LogP contribution is -2.40. The summed E-state index contributed by atoms with van der Waals surface area (Å²) in [5.41, 5.74) is 11.9. The quantitative estimate of drug-likeness (QED) is 0.351. The van der Waals surface area contributed by atoms with E-state index in [-0.39, 0.29) is 29.3 Å². The summed E-state index contributed by atoms with van der Waals surface area (Å²) in [5.74, 6) is -0.226. The van der Waals surface area contributed by atoms with E-state index >= 15 is 0 Å². The summed E-state index contributed by atoms with van der Waals surface area (Å²) < 4.78 is 1.91. The van der Waals surface area contributed by atoms with Crippen LogP contribution < -0.4 is 16.4 Å². The average Bonchev–Trinajstić information content (AvgIpc) is 3.17. The second kappa shape index (κ2) is 10.5. The predicted octanol–water partition coefficient (Wildman–Crippen LogP) is 5.97. The van der Waals surface area contributed by atoms with Crippen LogP contribution in [0.25, 0.3) is 22.0 Å². The molecule has 5 rings (SSSR count). The fourth-order valence-electron chi connectivity index (χ4n) is 6.39. The topological polar surface area (TPSA) is 106 Å².